The van der Waals surface area contributed by atoms with Gasteiger partial charge in [0, 0.05) is 18.7 Å². The summed E-state index contributed by atoms with van der Waals surface area (Å²) in [6.07, 6.45) is 0.339. The van der Waals surface area contributed by atoms with Crippen LogP contribution in [0.4, 0.5) is 5.69 Å². The number of aryl methyl sites for hydroxylation is 1. The van der Waals surface area contributed by atoms with Gasteiger partial charge < -0.3 is 15.8 Å². The van der Waals surface area contributed by atoms with Gasteiger partial charge in [-0.1, -0.05) is 0 Å². The van der Waals surface area contributed by atoms with E-state index in [2.05, 4.69) is 5.32 Å². The van der Waals surface area contributed by atoms with Crippen molar-refractivity contribution in [3.63, 3.8) is 0 Å². The first-order valence-corrected chi connectivity index (χ1v) is 4.82. The lowest BCUT2D eigenvalue weighted by molar-refractivity contribution is -0.116. The number of benzene rings is 1. The molecule has 1 aromatic rings. The molecule has 1 aromatic carbocycles. The largest absolute Gasteiger partial charge is 0.497 e. The number of hydrogen-bond donors (Lipinski definition) is 2. The number of rotatable bonds is 4. The fourth-order valence-electron chi connectivity index (χ4n) is 1.25. The molecule has 0 atom stereocenters. The smallest absolute Gasteiger partial charge is 0.225 e. The zero-order chi connectivity index (χ0) is 11.3. The number of hydrogen-bond acceptors (Lipinski definition) is 3. The first-order chi connectivity index (χ1) is 7.17. The highest BCUT2D eigenvalue weighted by Crippen LogP contribution is 2.20. The zero-order valence-electron chi connectivity index (χ0n) is 9.04. The summed E-state index contributed by atoms with van der Waals surface area (Å²) >= 11 is 0. The molecule has 4 nitrogen and oxygen atoms in total. The third kappa shape index (κ3) is 3.25. The summed E-state index contributed by atoms with van der Waals surface area (Å²) in [6, 6.07) is 5.51. The Morgan fingerprint density at radius 2 is 2.27 bits per heavy atom. The van der Waals surface area contributed by atoms with E-state index >= 15 is 0 Å². The van der Waals surface area contributed by atoms with Crippen LogP contribution >= 0.6 is 0 Å². The Morgan fingerprint density at radius 1 is 1.53 bits per heavy atom. The molecular formula is C11H16N2O2. The maximum Gasteiger partial charge on any atom is 0.225 e. The summed E-state index contributed by atoms with van der Waals surface area (Å²) < 4.78 is 5.07. The Hall–Kier alpha value is -1.55. The Labute approximate surface area is 89.4 Å². The van der Waals surface area contributed by atoms with Gasteiger partial charge in [0.2, 0.25) is 5.91 Å². The van der Waals surface area contributed by atoms with E-state index in [9.17, 15) is 4.79 Å². The molecule has 0 aliphatic heterocycles. The first kappa shape index (κ1) is 11.5. The van der Waals surface area contributed by atoms with Crippen LogP contribution in [0.25, 0.3) is 0 Å². The number of carbonyl (C=O) groups excluding carboxylic acids is 1. The molecule has 0 bridgehead atoms. The summed E-state index contributed by atoms with van der Waals surface area (Å²) in [6.45, 7) is 2.28. The average molecular weight is 208 g/mol. The highest BCUT2D eigenvalue weighted by atomic mass is 16.5. The molecule has 15 heavy (non-hydrogen) atoms. The molecule has 1 rings (SSSR count). The van der Waals surface area contributed by atoms with Crippen LogP contribution < -0.4 is 15.8 Å². The molecule has 0 fully saturated rings. The van der Waals surface area contributed by atoms with Crippen molar-refractivity contribution < 1.29 is 9.53 Å². The number of nitrogens with one attached hydrogen (secondary N) is 1. The van der Waals surface area contributed by atoms with Gasteiger partial charge in [-0.05, 0) is 30.7 Å². The van der Waals surface area contributed by atoms with E-state index in [0.717, 1.165) is 17.0 Å². The van der Waals surface area contributed by atoms with E-state index in [1.807, 2.05) is 25.1 Å². The standard InChI is InChI=1S/C11H16N2O2/c1-8-7-9(15-2)3-4-10(8)13-11(14)5-6-12/h3-4,7H,5-6,12H2,1-2H3,(H,13,14). The Bertz CT molecular complexity index is 350. The van der Waals surface area contributed by atoms with Crippen molar-refractivity contribution >= 4 is 11.6 Å². The fraction of sp³-hybridized carbons (Fsp3) is 0.364. The number of amides is 1. The van der Waals surface area contributed by atoms with Crippen molar-refractivity contribution in [1.82, 2.24) is 0 Å². The minimum absolute atomic E-state index is 0.0641. The molecule has 0 aromatic heterocycles. The van der Waals surface area contributed by atoms with Gasteiger partial charge in [0.15, 0.2) is 0 Å². The van der Waals surface area contributed by atoms with E-state index in [0.29, 0.717) is 13.0 Å². The van der Waals surface area contributed by atoms with Crippen molar-refractivity contribution in [3.8, 4) is 5.75 Å². The van der Waals surface area contributed by atoms with Gasteiger partial charge in [0.05, 0.1) is 7.11 Å². The molecule has 0 aliphatic carbocycles. The highest BCUT2D eigenvalue weighted by molar-refractivity contribution is 5.91. The molecule has 0 aliphatic rings. The Kier molecular flexibility index (Phi) is 4.12. The summed E-state index contributed by atoms with van der Waals surface area (Å²) in [4.78, 5) is 11.3. The molecule has 1 amide bonds. The minimum atomic E-state index is -0.0641. The third-order valence-electron chi connectivity index (χ3n) is 2.08. The monoisotopic (exact) mass is 208 g/mol. The molecule has 0 heterocycles. The van der Waals surface area contributed by atoms with Crippen molar-refractivity contribution in [1.29, 1.82) is 0 Å². The van der Waals surface area contributed by atoms with Gasteiger partial charge in [0.25, 0.3) is 0 Å². The van der Waals surface area contributed by atoms with Crippen LogP contribution in [0.5, 0.6) is 5.75 Å². The Balaban J connectivity index is 2.73. The fourth-order valence-corrected chi connectivity index (χ4v) is 1.25. The van der Waals surface area contributed by atoms with E-state index in [-0.39, 0.29) is 5.91 Å². The van der Waals surface area contributed by atoms with Crippen molar-refractivity contribution in [2.75, 3.05) is 19.0 Å². The first-order valence-electron chi connectivity index (χ1n) is 4.82. The number of methoxy groups -OCH3 is 1. The summed E-state index contributed by atoms with van der Waals surface area (Å²) in [7, 11) is 1.61. The molecule has 0 unspecified atom stereocenters. The number of ether oxygens (including phenoxy) is 1. The summed E-state index contributed by atoms with van der Waals surface area (Å²) in [5.41, 5.74) is 7.06. The predicted octanol–water partition coefficient (Wildman–Crippen LogP) is 1.29. The SMILES string of the molecule is COc1ccc(NC(=O)CCN)c(C)c1. The van der Waals surface area contributed by atoms with E-state index in [1.54, 1.807) is 7.11 Å². The molecule has 0 radical (unpaired) electrons. The third-order valence-corrected chi connectivity index (χ3v) is 2.08. The van der Waals surface area contributed by atoms with Crippen LogP contribution in [0.3, 0.4) is 0 Å². The predicted molar refractivity (Wildman–Crippen MR) is 60.0 cm³/mol. The molecular weight excluding hydrogens is 192 g/mol. The van der Waals surface area contributed by atoms with Crippen LogP contribution in [-0.2, 0) is 4.79 Å². The topological polar surface area (TPSA) is 64.3 Å². The maximum atomic E-state index is 11.3. The van der Waals surface area contributed by atoms with E-state index in [1.165, 1.54) is 0 Å². The van der Waals surface area contributed by atoms with Crippen LogP contribution in [0, 0.1) is 6.92 Å². The van der Waals surface area contributed by atoms with Gasteiger partial charge in [-0.15, -0.1) is 0 Å². The maximum absolute atomic E-state index is 11.3. The van der Waals surface area contributed by atoms with Gasteiger partial charge in [-0.3, -0.25) is 4.79 Å². The molecule has 0 saturated carbocycles. The van der Waals surface area contributed by atoms with Crippen LogP contribution in [0.1, 0.15) is 12.0 Å². The van der Waals surface area contributed by atoms with Crippen molar-refractivity contribution in [3.05, 3.63) is 23.8 Å². The second-order valence-corrected chi connectivity index (χ2v) is 3.27. The minimum Gasteiger partial charge on any atom is -0.497 e. The molecule has 82 valence electrons. The van der Waals surface area contributed by atoms with Gasteiger partial charge >= 0.3 is 0 Å². The average Bonchev–Trinajstić information content (AvgIpc) is 2.21. The van der Waals surface area contributed by atoms with Gasteiger partial charge in [-0.25, -0.2) is 0 Å². The number of nitrogens with two attached hydrogens (primary N) is 1. The van der Waals surface area contributed by atoms with Gasteiger partial charge in [0.1, 0.15) is 5.75 Å². The summed E-state index contributed by atoms with van der Waals surface area (Å²) in [5, 5.41) is 2.79. The highest BCUT2D eigenvalue weighted by Gasteiger charge is 2.04. The van der Waals surface area contributed by atoms with Crippen LogP contribution in [-0.4, -0.2) is 19.6 Å². The van der Waals surface area contributed by atoms with E-state index < -0.39 is 0 Å². The number of carbonyl (C=O) groups is 1. The molecule has 4 heteroatoms. The normalized spacial score (nSPS) is 9.80. The molecule has 0 spiro atoms. The quantitative estimate of drug-likeness (QED) is 0.783. The molecule has 3 N–H and O–H groups in total. The summed E-state index contributed by atoms with van der Waals surface area (Å²) in [5.74, 6) is 0.718. The lowest BCUT2D eigenvalue weighted by Crippen LogP contribution is -2.16. The van der Waals surface area contributed by atoms with E-state index in [4.69, 9.17) is 10.5 Å². The van der Waals surface area contributed by atoms with Crippen molar-refractivity contribution in [2.45, 2.75) is 13.3 Å². The molecule has 0 saturated heterocycles. The number of anilines is 1. The second kappa shape index (κ2) is 5.36. The zero-order valence-corrected chi connectivity index (χ0v) is 9.04. The van der Waals surface area contributed by atoms with Crippen LogP contribution in [0.2, 0.25) is 0 Å². The lowest BCUT2D eigenvalue weighted by Gasteiger charge is -2.09. The van der Waals surface area contributed by atoms with Crippen molar-refractivity contribution in [2.24, 2.45) is 5.73 Å². The van der Waals surface area contributed by atoms with Gasteiger partial charge in [-0.2, -0.15) is 0 Å². The lowest BCUT2D eigenvalue weighted by atomic mass is 10.2. The van der Waals surface area contributed by atoms with Crippen LogP contribution in [0.15, 0.2) is 18.2 Å². The second-order valence-electron chi connectivity index (χ2n) is 3.27. The Morgan fingerprint density at radius 3 is 2.80 bits per heavy atom.